The Hall–Kier alpha value is -1.55. The molecule has 0 radical (unpaired) electrons. The first-order valence-electron chi connectivity index (χ1n) is 5.14. The van der Waals surface area contributed by atoms with Crippen LogP contribution in [0.1, 0.15) is 18.5 Å². The van der Waals surface area contributed by atoms with Crippen LogP contribution in [-0.4, -0.2) is 26.7 Å². The second-order valence-electron chi connectivity index (χ2n) is 3.41. The maximum absolute atomic E-state index is 11.0. The van der Waals surface area contributed by atoms with Crippen molar-refractivity contribution < 1.29 is 14.3 Å². The monoisotopic (exact) mass is 223 g/mol. The molecule has 0 bridgehead atoms. The number of benzene rings is 1. The lowest BCUT2D eigenvalue weighted by molar-refractivity contribution is -0.142. The Bertz CT molecular complexity index is 352. The Morgan fingerprint density at radius 1 is 1.44 bits per heavy atom. The third-order valence-corrected chi connectivity index (χ3v) is 2.39. The van der Waals surface area contributed by atoms with Gasteiger partial charge in [-0.05, 0) is 20.0 Å². The first-order chi connectivity index (χ1) is 7.69. The van der Waals surface area contributed by atoms with Gasteiger partial charge in [-0.1, -0.05) is 18.2 Å². The van der Waals surface area contributed by atoms with E-state index in [1.807, 2.05) is 38.2 Å². The maximum Gasteiger partial charge on any atom is 0.343 e. The molecule has 0 amide bonds. The van der Waals surface area contributed by atoms with E-state index < -0.39 is 0 Å². The average Bonchev–Trinajstić information content (AvgIpc) is 2.35. The number of methoxy groups -OCH3 is 1. The van der Waals surface area contributed by atoms with Crippen molar-refractivity contribution in [2.24, 2.45) is 0 Å². The molecule has 0 saturated heterocycles. The molecular weight excluding hydrogens is 206 g/mol. The van der Waals surface area contributed by atoms with Crippen LogP contribution in [0, 0.1) is 0 Å². The third kappa shape index (κ3) is 3.24. The summed E-state index contributed by atoms with van der Waals surface area (Å²) >= 11 is 0. The van der Waals surface area contributed by atoms with Gasteiger partial charge >= 0.3 is 5.97 Å². The van der Waals surface area contributed by atoms with Crippen molar-refractivity contribution in [2.45, 2.75) is 13.0 Å². The minimum Gasteiger partial charge on any atom is -0.482 e. The summed E-state index contributed by atoms with van der Waals surface area (Å²) in [5.41, 5.74) is 1.02. The number of ether oxygens (including phenoxy) is 2. The summed E-state index contributed by atoms with van der Waals surface area (Å²) in [6.45, 7) is 1.96. The second-order valence-corrected chi connectivity index (χ2v) is 3.41. The van der Waals surface area contributed by atoms with Gasteiger partial charge < -0.3 is 14.8 Å². The summed E-state index contributed by atoms with van der Waals surface area (Å²) in [6.07, 6.45) is 0. The normalized spacial score (nSPS) is 11.9. The SMILES string of the molecule is CNC(C)c1ccccc1OCC(=O)OC. The molecule has 0 aliphatic carbocycles. The van der Waals surface area contributed by atoms with Crippen molar-refractivity contribution in [1.29, 1.82) is 0 Å². The highest BCUT2D eigenvalue weighted by Gasteiger charge is 2.10. The zero-order valence-electron chi connectivity index (χ0n) is 9.82. The molecule has 1 aromatic rings. The predicted molar refractivity (Wildman–Crippen MR) is 61.4 cm³/mol. The van der Waals surface area contributed by atoms with E-state index in [1.165, 1.54) is 7.11 Å². The molecule has 4 nitrogen and oxygen atoms in total. The van der Waals surface area contributed by atoms with E-state index in [2.05, 4.69) is 10.1 Å². The molecule has 0 aliphatic rings. The van der Waals surface area contributed by atoms with E-state index in [-0.39, 0.29) is 18.6 Å². The molecule has 0 aliphatic heterocycles. The lowest BCUT2D eigenvalue weighted by Gasteiger charge is -2.15. The molecular formula is C12H17NO3. The quantitative estimate of drug-likeness (QED) is 0.769. The number of nitrogens with one attached hydrogen (secondary N) is 1. The Balaban J connectivity index is 2.75. The van der Waals surface area contributed by atoms with E-state index >= 15 is 0 Å². The van der Waals surface area contributed by atoms with Gasteiger partial charge in [-0.15, -0.1) is 0 Å². The van der Waals surface area contributed by atoms with Gasteiger partial charge in [-0.25, -0.2) is 4.79 Å². The fourth-order valence-corrected chi connectivity index (χ4v) is 1.32. The van der Waals surface area contributed by atoms with Crippen LogP contribution < -0.4 is 10.1 Å². The fraction of sp³-hybridized carbons (Fsp3) is 0.417. The first kappa shape index (κ1) is 12.5. The molecule has 4 heteroatoms. The highest BCUT2D eigenvalue weighted by molar-refractivity contribution is 5.70. The number of para-hydroxylation sites is 1. The number of hydrogen-bond donors (Lipinski definition) is 1. The summed E-state index contributed by atoms with van der Waals surface area (Å²) in [5, 5.41) is 3.13. The van der Waals surface area contributed by atoms with Gasteiger partial charge in [-0.3, -0.25) is 0 Å². The van der Waals surface area contributed by atoms with Gasteiger partial charge in [0.25, 0.3) is 0 Å². The van der Waals surface area contributed by atoms with Crippen molar-refractivity contribution in [2.75, 3.05) is 20.8 Å². The van der Waals surface area contributed by atoms with Gasteiger partial charge in [0, 0.05) is 11.6 Å². The van der Waals surface area contributed by atoms with Crippen LogP contribution in [-0.2, 0) is 9.53 Å². The van der Waals surface area contributed by atoms with Gasteiger partial charge in [0.15, 0.2) is 6.61 Å². The summed E-state index contributed by atoms with van der Waals surface area (Å²) in [4.78, 5) is 11.0. The Morgan fingerprint density at radius 2 is 2.12 bits per heavy atom. The van der Waals surface area contributed by atoms with E-state index in [0.29, 0.717) is 5.75 Å². The first-order valence-corrected chi connectivity index (χ1v) is 5.14. The van der Waals surface area contributed by atoms with E-state index in [0.717, 1.165) is 5.56 Å². The van der Waals surface area contributed by atoms with Crippen LogP contribution in [0.5, 0.6) is 5.75 Å². The molecule has 88 valence electrons. The molecule has 0 aromatic heterocycles. The van der Waals surface area contributed by atoms with Crippen LogP contribution in [0.2, 0.25) is 0 Å². The standard InChI is InChI=1S/C12H17NO3/c1-9(13-2)10-6-4-5-7-11(10)16-8-12(14)15-3/h4-7,9,13H,8H2,1-3H3. The lowest BCUT2D eigenvalue weighted by atomic mass is 10.1. The number of rotatable bonds is 5. The van der Waals surface area contributed by atoms with Crippen molar-refractivity contribution in [3.8, 4) is 5.75 Å². The largest absolute Gasteiger partial charge is 0.482 e. The molecule has 1 rings (SSSR count). The van der Waals surface area contributed by atoms with E-state index in [9.17, 15) is 4.79 Å². The number of hydrogen-bond acceptors (Lipinski definition) is 4. The van der Waals surface area contributed by atoms with Crippen LogP contribution in [0.15, 0.2) is 24.3 Å². The van der Waals surface area contributed by atoms with Crippen molar-refractivity contribution >= 4 is 5.97 Å². The maximum atomic E-state index is 11.0. The molecule has 0 fully saturated rings. The second kappa shape index (κ2) is 6.12. The predicted octanol–water partition coefficient (Wildman–Crippen LogP) is 1.52. The fourth-order valence-electron chi connectivity index (χ4n) is 1.32. The van der Waals surface area contributed by atoms with Crippen molar-refractivity contribution in [1.82, 2.24) is 5.32 Å². The highest BCUT2D eigenvalue weighted by Crippen LogP contribution is 2.24. The van der Waals surface area contributed by atoms with Crippen molar-refractivity contribution in [3.63, 3.8) is 0 Å². The molecule has 16 heavy (non-hydrogen) atoms. The highest BCUT2D eigenvalue weighted by atomic mass is 16.6. The zero-order valence-corrected chi connectivity index (χ0v) is 9.82. The van der Waals surface area contributed by atoms with Crippen LogP contribution in [0.3, 0.4) is 0 Å². The molecule has 1 unspecified atom stereocenters. The molecule has 1 atom stereocenters. The summed E-state index contributed by atoms with van der Waals surface area (Å²) in [5.74, 6) is 0.321. The summed E-state index contributed by atoms with van der Waals surface area (Å²) in [6, 6.07) is 7.79. The minimum absolute atomic E-state index is 0.0655. The molecule has 0 saturated carbocycles. The van der Waals surface area contributed by atoms with E-state index in [4.69, 9.17) is 4.74 Å². The third-order valence-electron chi connectivity index (χ3n) is 2.39. The Labute approximate surface area is 95.6 Å². The van der Waals surface area contributed by atoms with Crippen molar-refractivity contribution in [3.05, 3.63) is 29.8 Å². The molecule has 0 heterocycles. The molecule has 1 aromatic carbocycles. The Morgan fingerprint density at radius 3 is 2.75 bits per heavy atom. The Kier molecular flexibility index (Phi) is 4.79. The van der Waals surface area contributed by atoms with Crippen LogP contribution in [0.25, 0.3) is 0 Å². The lowest BCUT2D eigenvalue weighted by Crippen LogP contribution is -2.16. The molecule has 1 N–H and O–H groups in total. The van der Waals surface area contributed by atoms with Gasteiger partial charge in [-0.2, -0.15) is 0 Å². The summed E-state index contributed by atoms with van der Waals surface area (Å²) in [7, 11) is 3.22. The summed E-state index contributed by atoms with van der Waals surface area (Å²) < 4.78 is 9.92. The smallest absolute Gasteiger partial charge is 0.343 e. The van der Waals surface area contributed by atoms with Crippen LogP contribution in [0.4, 0.5) is 0 Å². The van der Waals surface area contributed by atoms with Gasteiger partial charge in [0.1, 0.15) is 5.75 Å². The number of esters is 1. The number of carbonyl (C=O) groups excluding carboxylic acids is 1. The average molecular weight is 223 g/mol. The zero-order chi connectivity index (χ0) is 12.0. The van der Waals surface area contributed by atoms with E-state index in [1.54, 1.807) is 0 Å². The molecule has 0 spiro atoms. The van der Waals surface area contributed by atoms with Gasteiger partial charge in [0.05, 0.1) is 7.11 Å². The number of carbonyl (C=O) groups is 1. The van der Waals surface area contributed by atoms with Crippen LogP contribution >= 0.6 is 0 Å². The minimum atomic E-state index is -0.382. The topological polar surface area (TPSA) is 47.6 Å². The van der Waals surface area contributed by atoms with Gasteiger partial charge in [0.2, 0.25) is 0 Å².